The summed E-state index contributed by atoms with van der Waals surface area (Å²) in [5, 5.41) is 24.2. The highest BCUT2D eigenvalue weighted by Gasteiger charge is 2.12. The second-order valence-corrected chi connectivity index (χ2v) is 4.79. The van der Waals surface area contributed by atoms with Gasteiger partial charge in [0.25, 0.3) is 5.91 Å². The average molecular weight is 305 g/mol. The molecule has 2 aromatic carbocycles. The molecule has 2 rings (SSSR count). The number of amides is 1. The van der Waals surface area contributed by atoms with Gasteiger partial charge >= 0.3 is 0 Å². The second-order valence-electron chi connectivity index (χ2n) is 4.38. The Labute approximate surface area is 126 Å². The van der Waals surface area contributed by atoms with E-state index >= 15 is 0 Å². The van der Waals surface area contributed by atoms with Gasteiger partial charge in [-0.25, -0.2) is 0 Å². The molecule has 108 valence electrons. The van der Waals surface area contributed by atoms with Crippen molar-refractivity contribution in [2.24, 2.45) is 5.16 Å². The smallest absolute Gasteiger partial charge is 0.257 e. The van der Waals surface area contributed by atoms with Crippen LogP contribution in [0.2, 0.25) is 5.02 Å². The summed E-state index contributed by atoms with van der Waals surface area (Å²) < 4.78 is 0. The molecule has 0 aromatic heterocycles. The van der Waals surface area contributed by atoms with Gasteiger partial charge < -0.3 is 15.6 Å². The number of hydrogen-bond acceptors (Lipinski definition) is 4. The van der Waals surface area contributed by atoms with E-state index in [1.165, 1.54) is 18.2 Å². The topological polar surface area (TPSA) is 81.9 Å². The molecule has 0 fully saturated rings. The normalized spacial score (nSPS) is 11.2. The number of aromatic hydroxyl groups is 1. The van der Waals surface area contributed by atoms with E-state index in [0.717, 1.165) is 0 Å². The first-order valence-electron chi connectivity index (χ1n) is 6.10. The summed E-state index contributed by atoms with van der Waals surface area (Å²) in [6.45, 7) is 1.65. The van der Waals surface area contributed by atoms with Crippen molar-refractivity contribution in [3.63, 3.8) is 0 Å². The fraction of sp³-hybridized carbons (Fsp3) is 0.0667. The lowest BCUT2D eigenvalue weighted by Crippen LogP contribution is -2.12. The summed E-state index contributed by atoms with van der Waals surface area (Å²) in [5.74, 6) is -0.479. The Bertz CT molecular complexity index is 714. The maximum absolute atomic E-state index is 12.2. The maximum atomic E-state index is 12.2. The maximum Gasteiger partial charge on any atom is 0.257 e. The van der Waals surface area contributed by atoms with E-state index in [2.05, 4.69) is 10.5 Å². The third-order valence-electron chi connectivity index (χ3n) is 2.88. The number of rotatable bonds is 3. The van der Waals surface area contributed by atoms with E-state index < -0.39 is 5.91 Å². The number of anilines is 1. The Morgan fingerprint density at radius 2 is 2.00 bits per heavy atom. The van der Waals surface area contributed by atoms with Crippen LogP contribution in [0.1, 0.15) is 22.8 Å². The number of halogens is 1. The highest BCUT2D eigenvalue weighted by atomic mass is 35.5. The van der Waals surface area contributed by atoms with E-state index in [4.69, 9.17) is 16.8 Å². The summed E-state index contributed by atoms with van der Waals surface area (Å²) in [5.41, 5.74) is 1.81. The van der Waals surface area contributed by atoms with E-state index in [9.17, 15) is 9.90 Å². The zero-order chi connectivity index (χ0) is 15.4. The molecule has 0 aliphatic rings. The van der Waals surface area contributed by atoms with Crippen molar-refractivity contribution in [2.75, 3.05) is 5.32 Å². The molecule has 0 radical (unpaired) electrons. The van der Waals surface area contributed by atoms with Gasteiger partial charge in [-0.3, -0.25) is 4.79 Å². The fourth-order valence-electron chi connectivity index (χ4n) is 1.77. The first kappa shape index (κ1) is 14.9. The number of benzene rings is 2. The van der Waals surface area contributed by atoms with Crippen LogP contribution in [-0.2, 0) is 0 Å². The van der Waals surface area contributed by atoms with Crippen molar-refractivity contribution in [1.82, 2.24) is 0 Å². The molecule has 0 heterocycles. The molecular weight excluding hydrogens is 292 g/mol. The summed E-state index contributed by atoms with van der Waals surface area (Å²) in [7, 11) is 0. The van der Waals surface area contributed by atoms with Gasteiger partial charge in [-0.05, 0) is 37.3 Å². The Kier molecular flexibility index (Phi) is 4.45. The van der Waals surface area contributed by atoms with Gasteiger partial charge in [0.15, 0.2) is 0 Å². The first-order chi connectivity index (χ1) is 10.0. The summed E-state index contributed by atoms with van der Waals surface area (Å²) >= 11 is 5.94. The van der Waals surface area contributed by atoms with E-state index in [0.29, 0.717) is 17.0 Å². The van der Waals surface area contributed by atoms with E-state index in [1.807, 2.05) is 0 Å². The Hall–Kier alpha value is -2.53. The SMILES string of the molecule is C/C(=N/O)c1cccc(NC(=O)c2cc(O)ccc2Cl)c1. The van der Waals surface area contributed by atoms with Crippen LogP contribution in [0.3, 0.4) is 0 Å². The van der Waals surface area contributed by atoms with Crippen LogP contribution in [-0.4, -0.2) is 21.9 Å². The average Bonchev–Trinajstić information content (AvgIpc) is 2.49. The van der Waals surface area contributed by atoms with Gasteiger partial charge in [-0.1, -0.05) is 28.9 Å². The van der Waals surface area contributed by atoms with Gasteiger partial charge in [-0.15, -0.1) is 0 Å². The van der Waals surface area contributed by atoms with Crippen molar-refractivity contribution in [2.45, 2.75) is 6.92 Å². The lowest BCUT2D eigenvalue weighted by molar-refractivity contribution is 0.102. The molecule has 0 atom stereocenters. The second kappa shape index (κ2) is 6.28. The number of nitrogens with zero attached hydrogens (tertiary/aromatic N) is 1. The Morgan fingerprint density at radius 1 is 1.24 bits per heavy atom. The van der Waals surface area contributed by atoms with Gasteiger partial charge in [0, 0.05) is 11.3 Å². The molecule has 2 aromatic rings. The quantitative estimate of drug-likeness (QED) is 0.461. The number of oxime groups is 1. The third-order valence-corrected chi connectivity index (χ3v) is 3.21. The van der Waals surface area contributed by atoms with E-state index in [-0.39, 0.29) is 16.3 Å². The van der Waals surface area contributed by atoms with Gasteiger partial charge in [0.1, 0.15) is 5.75 Å². The fourth-order valence-corrected chi connectivity index (χ4v) is 1.97. The lowest BCUT2D eigenvalue weighted by Gasteiger charge is -2.08. The number of phenolic OH excluding ortho intramolecular Hbond substituents is 1. The van der Waals surface area contributed by atoms with Crippen LogP contribution in [0.15, 0.2) is 47.6 Å². The predicted octanol–water partition coefficient (Wildman–Crippen LogP) is 3.50. The molecule has 0 saturated heterocycles. The van der Waals surface area contributed by atoms with Crippen LogP contribution in [0, 0.1) is 0 Å². The van der Waals surface area contributed by atoms with Gasteiger partial charge in [-0.2, -0.15) is 0 Å². The molecule has 0 spiro atoms. The van der Waals surface area contributed by atoms with Crippen molar-refractivity contribution < 1.29 is 15.1 Å². The molecule has 0 aliphatic carbocycles. The van der Waals surface area contributed by atoms with Crippen molar-refractivity contribution in [3.05, 3.63) is 58.6 Å². The lowest BCUT2D eigenvalue weighted by atomic mass is 10.1. The van der Waals surface area contributed by atoms with E-state index in [1.54, 1.807) is 31.2 Å². The standard InChI is InChI=1S/C15H13ClN2O3/c1-9(18-21)10-3-2-4-11(7-10)17-15(20)13-8-12(19)5-6-14(13)16/h2-8,19,21H,1H3,(H,17,20)/b18-9-. The van der Waals surface area contributed by atoms with Crippen LogP contribution in [0.5, 0.6) is 5.75 Å². The summed E-state index contributed by atoms with van der Waals surface area (Å²) in [4.78, 5) is 12.2. The van der Waals surface area contributed by atoms with Crippen LogP contribution < -0.4 is 5.32 Å². The summed E-state index contributed by atoms with van der Waals surface area (Å²) in [6, 6.07) is 11.0. The third kappa shape index (κ3) is 3.52. The Balaban J connectivity index is 2.26. The Morgan fingerprint density at radius 3 is 2.71 bits per heavy atom. The molecule has 0 unspecified atom stereocenters. The number of phenols is 1. The van der Waals surface area contributed by atoms with Gasteiger partial charge in [0.05, 0.1) is 16.3 Å². The van der Waals surface area contributed by atoms with Crippen LogP contribution >= 0.6 is 11.6 Å². The predicted molar refractivity (Wildman–Crippen MR) is 81.5 cm³/mol. The number of carbonyl (C=O) groups is 1. The molecule has 3 N–H and O–H groups in total. The van der Waals surface area contributed by atoms with Crippen molar-refractivity contribution >= 4 is 28.9 Å². The molecule has 0 aliphatic heterocycles. The largest absolute Gasteiger partial charge is 0.508 e. The number of hydrogen-bond donors (Lipinski definition) is 3. The number of carbonyl (C=O) groups excluding carboxylic acids is 1. The van der Waals surface area contributed by atoms with Crippen molar-refractivity contribution in [3.8, 4) is 5.75 Å². The minimum absolute atomic E-state index is 0.0402. The van der Waals surface area contributed by atoms with Gasteiger partial charge in [0.2, 0.25) is 0 Å². The minimum Gasteiger partial charge on any atom is -0.508 e. The van der Waals surface area contributed by atoms with Crippen molar-refractivity contribution in [1.29, 1.82) is 0 Å². The minimum atomic E-state index is -0.438. The molecular formula is C15H13ClN2O3. The highest BCUT2D eigenvalue weighted by Crippen LogP contribution is 2.22. The first-order valence-corrected chi connectivity index (χ1v) is 6.48. The molecule has 1 amide bonds. The molecule has 5 nitrogen and oxygen atoms in total. The monoisotopic (exact) mass is 304 g/mol. The molecule has 0 saturated carbocycles. The zero-order valence-electron chi connectivity index (χ0n) is 11.2. The molecule has 21 heavy (non-hydrogen) atoms. The van der Waals surface area contributed by atoms with Crippen LogP contribution in [0.4, 0.5) is 5.69 Å². The summed E-state index contributed by atoms with van der Waals surface area (Å²) in [6.07, 6.45) is 0. The zero-order valence-corrected chi connectivity index (χ0v) is 11.9. The molecule has 0 bridgehead atoms. The molecule has 6 heteroatoms. The highest BCUT2D eigenvalue weighted by molar-refractivity contribution is 6.34. The number of nitrogens with one attached hydrogen (secondary N) is 1. The van der Waals surface area contributed by atoms with Crippen LogP contribution in [0.25, 0.3) is 0 Å².